The van der Waals surface area contributed by atoms with Crippen LogP contribution in [-0.4, -0.2) is 35.3 Å². The Kier molecular flexibility index (Phi) is 9.58. The minimum Gasteiger partial charge on any atom is -0.494 e. The second kappa shape index (κ2) is 12.6. The minimum absolute atomic E-state index is 0. The van der Waals surface area contributed by atoms with Gasteiger partial charge in [-0.25, -0.2) is 4.98 Å². The van der Waals surface area contributed by atoms with Gasteiger partial charge in [0.15, 0.2) is 5.13 Å². The van der Waals surface area contributed by atoms with Crippen molar-refractivity contribution < 1.29 is 14.6 Å². The van der Waals surface area contributed by atoms with Crippen molar-refractivity contribution in [2.75, 3.05) is 18.1 Å². The molecule has 0 bridgehead atoms. The molecule has 0 aliphatic heterocycles. The van der Waals surface area contributed by atoms with Crippen molar-refractivity contribution >= 4 is 34.8 Å². The quantitative estimate of drug-likeness (QED) is 0.315. The summed E-state index contributed by atoms with van der Waals surface area (Å²) in [5.41, 5.74) is 3.31. The number of halogens is 1. The average Bonchev–Trinajstić information content (AvgIpc) is 3.51. The zero-order valence-corrected chi connectivity index (χ0v) is 20.3. The Morgan fingerprint density at radius 3 is 2.52 bits per heavy atom. The Morgan fingerprint density at radius 2 is 1.82 bits per heavy atom. The molecule has 1 saturated carbocycles. The first-order chi connectivity index (χ1) is 15.7. The molecule has 1 N–H and O–H groups in total. The van der Waals surface area contributed by atoms with E-state index in [4.69, 9.17) is 14.8 Å². The number of aromatic nitrogens is 1. The molecule has 1 fully saturated rings. The van der Waals surface area contributed by atoms with Crippen LogP contribution in [0.15, 0.2) is 60.0 Å². The van der Waals surface area contributed by atoms with Crippen LogP contribution in [0.1, 0.15) is 44.1 Å². The summed E-state index contributed by atoms with van der Waals surface area (Å²) >= 11 is 1.60. The van der Waals surface area contributed by atoms with Crippen LogP contribution in [0.3, 0.4) is 0 Å². The molecule has 3 aromatic rings. The van der Waals surface area contributed by atoms with Crippen molar-refractivity contribution in [3.63, 3.8) is 0 Å². The van der Waals surface area contributed by atoms with Crippen LogP contribution in [0.4, 0.5) is 5.13 Å². The first-order valence-electron chi connectivity index (χ1n) is 11.4. The van der Waals surface area contributed by atoms with Gasteiger partial charge in [0.2, 0.25) is 0 Å². The number of carboxylic acids is 1. The van der Waals surface area contributed by atoms with Gasteiger partial charge in [-0.1, -0.05) is 43.2 Å². The third-order valence-corrected chi connectivity index (χ3v) is 6.82. The lowest BCUT2D eigenvalue weighted by atomic mass is 10.1. The van der Waals surface area contributed by atoms with Gasteiger partial charge in [-0.2, -0.15) is 0 Å². The number of anilines is 1. The van der Waals surface area contributed by atoms with E-state index in [0.29, 0.717) is 19.2 Å². The molecule has 33 heavy (non-hydrogen) atoms. The molecule has 2 aromatic carbocycles. The molecule has 176 valence electrons. The average molecular weight is 487 g/mol. The topological polar surface area (TPSA) is 62.7 Å². The van der Waals surface area contributed by atoms with Crippen LogP contribution in [0.25, 0.3) is 11.3 Å². The van der Waals surface area contributed by atoms with Gasteiger partial charge in [0.25, 0.3) is 0 Å². The monoisotopic (exact) mass is 486 g/mol. The van der Waals surface area contributed by atoms with E-state index in [9.17, 15) is 4.79 Å². The number of carboxylic acid groups (broad SMARTS) is 1. The van der Waals surface area contributed by atoms with Gasteiger partial charge in [-0.05, 0) is 55.5 Å². The van der Waals surface area contributed by atoms with Gasteiger partial charge < -0.3 is 14.7 Å². The zero-order chi connectivity index (χ0) is 22.2. The predicted molar refractivity (Wildman–Crippen MR) is 137 cm³/mol. The van der Waals surface area contributed by atoms with Crippen LogP contribution in [-0.2, 0) is 11.2 Å². The molecule has 5 nitrogen and oxygen atoms in total. The molecule has 0 saturated heterocycles. The number of thiazole rings is 1. The second-order valence-electron chi connectivity index (χ2n) is 8.25. The van der Waals surface area contributed by atoms with Crippen molar-refractivity contribution in [2.24, 2.45) is 0 Å². The van der Waals surface area contributed by atoms with Crippen molar-refractivity contribution in [1.29, 1.82) is 0 Å². The fraction of sp³-hybridized carbons (Fsp3) is 0.385. The van der Waals surface area contributed by atoms with Crippen LogP contribution >= 0.6 is 23.7 Å². The molecular formula is C26H31ClN2O3S. The van der Waals surface area contributed by atoms with Crippen molar-refractivity contribution in [3.8, 4) is 17.0 Å². The first-order valence-corrected chi connectivity index (χ1v) is 12.3. The van der Waals surface area contributed by atoms with Gasteiger partial charge in [-0.15, -0.1) is 23.7 Å². The fourth-order valence-electron chi connectivity index (χ4n) is 4.23. The lowest BCUT2D eigenvalue weighted by Gasteiger charge is -2.28. The van der Waals surface area contributed by atoms with Crippen molar-refractivity contribution in [2.45, 2.75) is 51.0 Å². The van der Waals surface area contributed by atoms with Crippen LogP contribution in [0.5, 0.6) is 5.75 Å². The summed E-state index contributed by atoms with van der Waals surface area (Å²) in [7, 11) is 0. The summed E-state index contributed by atoms with van der Waals surface area (Å²) in [6.07, 6.45) is 6.78. The molecule has 7 heteroatoms. The number of aryl methyl sites for hydroxylation is 1. The first kappa shape index (κ1) is 25.1. The molecule has 0 radical (unpaired) electrons. The number of carbonyl (C=O) groups is 1. The molecule has 0 atom stereocenters. The smallest absolute Gasteiger partial charge is 0.305 e. The Morgan fingerprint density at radius 1 is 1.09 bits per heavy atom. The van der Waals surface area contributed by atoms with E-state index in [2.05, 4.69) is 34.5 Å². The van der Waals surface area contributed by atoms with E-state index in [-0.39, 0.29) is 18.8 Å². The highest BCUT2D eigenvalue weighted by Gasteiger charge is 2.25. The van der Waals surface area contributed by atoms with E-state index in [1.54, 1.807) is 11.3 Å². The molecule has 1 heterocycles. The highest BCUT2D eigenvalue weighted by molar-refractivity contribution is 7.14. The maximum atomic E-state index is 11.1. The lowest BCUT2D eigenvalue weighted by Crippen LogP contribution is -2.35. The van der Waals surface area contributed by atoms with E-state index in [1.165, 1.54) is 18.4 Å². The van der Waals surface area contributed by atoms with Gasteiger partial charge in [-0.3, -0.25) is 4.79 Å². The van der Waals surface area contributed by atoms with Crippen LogP contribution in [0.2, 0.25) is 0 Å². The molecule has 0 spiro atoms. The van der Waals surface area contributed by atoms with Gasteiger partial charge in [0.05, 0.1) is 18.7 Å². The van der Waals surface area contributed by atoms with Gasteiger partial charge in [0, 0.05) is 23.5 Å². The maximum absolute atomic E-state index is 11.1. The third kappa shape index (κ3) is 7.21. The number of benzene rings is 2. The van der Waals surface area contributed by atoms with Crippen molar-refractivity contribution in [1.82, 2.24) is 4.98 Å². The number of aliphatic carboxylic acids is 1. The lowest BCUT2D eigenvalue weighted by molar-refractivity contribution is -0.136. The zero-order valence-electron chi connectivity index (χ0n) is 18.7. The Bertz CT molecular complexity index is 988. The van der Waals surface area contributed by atoms with Crippen LogP contribution in [0, 0.1) is 0 Å². The van der Waals surface area contributed by atoms with E-state index >= 15 is 0 Å². The largest absolute Gasteiger partial charge is 0.494 e. The summed E-state index contributed by atoms with van der Waals surface area (Å²) in [4.78, 5) is 18.2. The summed E-state index contributed by atoms with van der Waals surface area (Å²) < 4.78 is 5.90. The summed E-state index contributed by atoms with van der Waals surface area (Å²) in [5, 5.41) is 12.1. The van der Waals surface area contributed by atoms with E-state index < -0.39 is 5.97 Å². The number of rotatable bonds is 11. The number of hydrogen-bond donors (Lipinski definition) is 1. The number of hydrogen-bond acceptors (Lipinski definition) is 5. The summed E-state index contributed by atoms with van der Waals surface area (Å²) in [5.74, 6) is 0.107. The molecule has 0 unspecified atom stereocenters. The van der Waals surface area contributed by atoms with Crippen LogP contribution < -0.4 is 9.64 Å². The second-order valence-corrected chi connectivity index (χ2v) is 9.09. The summed E-state index contributed by atoms with van der Waals surface area (Å²) in [6, 6.07) is 18.9. The fourth-order valence-corrected chi connectivity index (χ4v) is 5.16. The Balaban J connectivity index is 0.00000306. The Labute approximate surface area is 205 Å². The summed E-state index contributed by atoms with van der Waals surface area (Å²) in [6.45, 7) is 1.21. The molecule has 1 aromatic heterocycles. The molecule has 1 aliphatic carbocycles. The number of ether oxygens (including phenoxy) is 1. The highest BCUT2D eigenvalue weighted by Crippen LogP contribution is 2.33. The SMILES string of the molecule is Cl.O=C(O)CCN(c1nc(-c2ccc(OCCCc3ccccc3)cc2)cs1)C1CCCC1. The normalized spacial score (nSPS) is 13.5. The minimum atomic E-state index is -0.760. The standard InChI is InChI=1S/C26H30N2O3S.ClH/c29-25(30)16-17-28(22-10-4-5-11-22)26-27-24(19-32-26)21-12-14-23(15-13-21)31-18-6-9-20-7-2-1-3-8-20;/h1-3,7-8,12-15,19,22H,4-6,9-11,16-18H2,(H,29,30);1H. The molecule has 4 rings (SSSR count). The molecule has 1 aliphatic rings. The van der Waals surface area contributed by atoms with Gasteiger partial charge >= 0.3 is 5.97 Å². The highest BCUT2D eigenvalue weighted by atomic mass is 35.5. The van der Waals surface area contributed by atoms with Gasteiger partial charge in [0.1, 0.15) is 5.75 Å². The molecule has 0 amide bonds. The predicted octanol–water partition coefficient (Wildman–Crippen LogP) is 6.47. The van der Waals surface area contributed by atoms with E-state index in [1.807, 2.05) is 30.3 Å². The van der Waals surface area contributed by atoms with Crippen molar-refractivity contribution in [3.05, 3.63) is 65.5 Å². The maximum Gasteiger partial charge on any atom is 0.305 e. The third-order valence-electron chi connectivity index (χ3n) is 5.94. The number of nitrogens with zero attached hydrogens (tertiary/aromatic N) is 2. The van der Waals surface area contributed by atoms with E-state index in [0.717, 1.165) is 47.8 Å². The Hall–Kier alpha value is -2.57. The molecular weight excluding hydrogens is 456 g/mol.